The van der Waals surface area contributed by atoms with Gasteiger partial charge in [-0.05, 0) is 57.5 Å². The minimum atomic E-state index is -3.24. The Morgan fingerprint density at radius 2 is 1.70 bits per heavy atom. The van der Waals surface area contributed by atoms with Gasteiger partial charge in [0.05, 0.1) is 5.75 Å². The molecule has 9 heteroatoms. The number of hydrogen-bond donors (Lipinski definition) is 3. The molecule has 3 aliphatic heterocycles. The van der Waals surface area contributed by atoms with Gasteiger partial charge >= 0.3 is 6.09 Å². The SMILES string of the molecule is Cl.O=C(O)NC1CC2CC[C@H](C1)N2S(=O)(=O)CC1CCNCC1. The van der Waals surface area contributed by atoms with Gasteiger partial charge in [-0.1, -0.05) is 0 Å². The van der Waals surface area contributed by atoms with Gasteiger partial charge in [0.1, 0.15) is 0 Å². The van der Waals surface area contributed by atoms with Crippen molar-refractivity contribution in [1.82, 2.24) is 14.9 Å². The molecule has 0 aromatic heterocycles. The van der Waals surface area contributed by atoms with Gasteiger partial charge in [0.25, 0.3) is 0 Å². The van der Waals surface area contributed by atoms with Crippen LogP contribution in [0.1, 0.15) is 38.5 Å². The molecular formula is C14H26ClN3O4S. The molecule has 0 aromatic carbocycles. The molecule has 3 fully saturated rings. The first-order valence-electron chi connectivity index (χ1n) is 8.17. The summed E-state index contributed by atoms with van der Waals surface area (Å²) in [6, 6.07) is -0.162. The Kier molecular flexibility index (Phi) is 6.16. The number of hydrogen-bond acceptors (Lipinski definition) is 4. The monoisotopic (exact) mass is 367 g/mol. The van der Waals surface area contributed by atoms with Crippen molar-refractivity contribution in [1.29, 1.82) is 0 Å². The largest absolute Gasteiger partial charge is 0.465 e. The molecule has 0 saturated carbocycles. The third kappa shape index (κ3) is 4.29. The van der Waals surface area contributed by atoms with E-state index in [9.17, 15) is 13.2 Å². The molecule has 134 valence electrons. The summed E-state index contributed by atoms with van der Waals surface area (Å²) in [4.78, 5) is 10.8. The maximum Gasteiger partial charge on any atom is 0.404 e. The molecule has 23 heavy (non-hydrogen) atoms. The number of carbonyl (C=O) groups is 1. The lowest BCUT2D eigenvalue weighted by atomic mass is 10.00. The second-order valence-electron chi connectivity index (χ2n) is 6.80. The maximum atomic E-state index is 12.8. The first-order chi connectivity index (χ1) is 10.5. The van der Waals surface area contributed by atoms with Crippen molar-refractivity contribution < 1.29 is 18.3 Å². The summed E-state index contributed by atoms with van der Waals surface area (Å²) >= 11 is 0. The topological polar surface area (TPSA) is 98.7 Å². The van der Waals surface area contributed by atoms with Crippen molar-refractivity contribution in [2.75, 3.05) is 18.8 Å². The Labute approximate surface area is 143 Å². The quantitative estimate of drug-likeness (QED) is 0.688. The smallest absolute Gasteiger partial charge is 0.404 e. The predicted octanol–water partition coefficient (Wildman–Crippen LogP) is 1.00. The second kappa shape index (κ2) is 7.55. The molecule has 3 rings (SSSR count). The Morgan fingerprint density at radius 3 is 2.22 bits per heavy atom. The third-order valence-corrected chi connectivity index (χ3v) is 7.35. The highest BCUT2D eigenvalue weighted by Gasteiger charge is 2.47. The molecule has 0 spiro atoms. The first-order valence-corrected chi connectivity index (χ1v) is 9.78. The van der Waals surface area contributed by atoms with E-state index in [1.54, 1.807) is 4.31 Å². The van der Waals surface area contributed by atoms with Crippen LogP contribution >= 0.6 is 12.4 Å². The van der Waals surface area contributed by atoms with Crippen molar-refractivity contribution in [2.45, 2.75) is 56.7 Å². The molecule has 0 aromatic rings. The minimum absolute atomic E-state index is 0. The van der Waals surface area contributed by atoms with Crippen LogP contribution in [0.25, 0.3) is 0 Å². The van der Waals surface area contributed by atoms with Gasteiger partial charge in [-0.15, -0.1) is 12.4 Å². The number of nitrogens with one attached hydrogen (secondary N) is 2. The number of carboxylic acid groups (broad SMARTS) is 1. The molecular weight excluding hydrogens is 342 g/mol. The highest BCUT2D eigenvalue weighted by atomic mass is 35.5. The zero-order valence-electron chi connectivity index (χ0n) is 13.1. The zero-order chi connectivity index (χ0) is 15.7. The highest BCUT2D eigenvalue weighted by molar-refractivity contribution is 7.89. The van der Waals surface area contributed by atoms with Crippen LogP contribution in [-0.4, -0.2) is 60.9 Å². The van der Waals surface area contributed by atoms with E-state index < -0.39 is 16.1 Å². The van der Waals surface area contributed by atoms with Crippen molar-refractivity contribution >= 4 is 28.5 Å². The number of fused-ring (bicyclic) bond motifs is 2. The summed E-state index contributed by atoms with van der Waals surface area (Å²) in [5, 5.41) is 14.6. The first kappa shape index (κ1) is 18.8. The fourth-order valence-corrected chi connectivity index (χ4v) is 6.71. The van der Waals surface area contributed by atoms with E-state index in [0.717, 1.165) is 38.8 Å². The molecule has 3 saturated heterocycles. The normalized spacial score (nSPS) is 32.3. The standard InChI is InChI=1S/C14H25N3O4S.ClH/c18-14(19)16-11-7-12-1-2-13(8-11)17(12)22(20,21)9-10-3-5-15-6-4-10;/h10-13,15-16H,1-9H2,(H,18,19);1H/t11?,12-,13?;/m1./s1. The zero-order valence-corrected chi connectivity index (χ0v) is 14.7. The summed E-state index contributed by atoms with van der Waals surface area (Å²) < 4.78 is 27.3. The van der Waals surface area contributed by atoms with Crippen LogP contribution in [0.3, 0.4) is 0 Å². The number of sulfonamides is 1. The van der Waals surface area contributed by atoms with Crippen molar-refractivity contribution in [3.63, 3.8) is 0 Å². The molecule has 0 aliphatic carbocycles. The van der Waals surface area contributed by atoms with Gasteiger partial charge in [0.15, 0.2) is 0 Å². The van der Waals surface area contributed by atoms with Gasteiger partial charge in [-0.3, -0.25) is 0 Å². The van der Waals surface area contributed by atoms with Crippen LogP contribution in [0.5, 0.6) is 0 Å². The average molecular weight is 368 g/mol. The molecule has 0 radical (unpaired) electrons. The number of halogens is 1. The molecule has 3 N–H and O–H groups in total. The number of nitrogens with zero attached hydrogens (tertiary/aromatic N) is 1. The van der Waals surface area contributed by atoms with Crippen LogP contribution in [0.2, 0.25) is 0 Å². The van der Waals surface area contributed by atoms with E-state index in [0.29, 0.717) is 12.8 Å². The van der Waals surface area contributed by atoms with Crippen LogP contribution in [0.4, 0.5) is 4.79 Å². The van der Waals surface area contributed by atoms with Gasteiger partial charge in [-0.2, -0.15) is 4.31 Å². The highest BCUT2D eigenvalue weighted by Crippen LogP contribution is 2.38. The van der Waals surface area contributed by atoms with E-state index in [2.05, 4.69) is 10.6 Å². The minimum Gasteiger partial charge on any atom is -0.465 e. The van der Waals surface area contributed by atoms with Crippen LogP contribution in [0.15, 0.2) is 0 Å². The number of rotatable bonds is 4. The fraction of sp³-hybridized carbons (Fsp3) is 0.929. The lowest BCUT2D eigenvalue weighted by molar-refractivity contribution is 0.169. The van der Waals surface area contributed by atoms with Gasteiger partial charge < -0.3 is 15.7 Å². The van der Waals surface area contributed by atoms with Crippen LogP contribution in [-0.2, 0) is 10.0 Å². The Hall–Kier alpha value is -0.570. The Morgan fingerprint density at radius 1 is 1.13 bits per heavy atom. The van der Waals surface area contributed by atoms with Crippen LogP contribution in [0, 0.1) is 5.92 Å². The van der Waals surface area contributed by atoms with Gasteiger partial charge in [-0.25, -0.2) is 13.2 Å². The van der Waals surface area contributed by atoms with Gasteiger partial charge in [0, 0.05) is 18.1 Å². The van der Waals surface area contributed by atoms with E-state index >= 15 is 0 Å². The average Bonchev–Trinajstić information content (AvgIpc) is 2.72. The second-order valence-corrected chi connectivity index (χ2v) is 8.72. The summed E-state index contributed by atoms with van der Waals surface area (Å²) in [5.41, 5.74) is 0. The molecule has 3 heterocycles. The van der Waals surface area contributed by atoms with Crippen molar-refractivity contribution in [2.24, 2.45) is 5.92 Å². The van der Waals surface area contributed by atoms with Crippen molar-refractivity contribution in [3.8, 4) is 0 Å². The lowest BCUT2D eigenvalue weighted by Gasteiger charge is -2.38. The molecule has 3 atom stereocenters. The Bertz CT molecular complexity index is 510. The third-order valence-electron chi connectivity index (χ3n) is 5.22. The molecule has 3 aliphatic rings. The predicted molar refractivity (Wildman–Crippen MR) is 89.5 cm³/mol. The molecule has 1 amide bonds. The van der Waals surface area contributed by atoms with E-state index in [4.69, 9.17) is 5.11 Å². The summed E-state index contributed by atoms with van der Waals surface area (Å²) in [7, 11) is -3.24. The van der Waals surface area contributed by atoms with E-state index in [1.165, 1.54) is 0 Å². The fourth-order valence-electron chi connectivity index (χ4n) is 4.31. The summed E-state index contributed by atoms with van der Waals surface area (Å²) in [6.07, 6.45) is 3.75. The molecule has 2 unspecified atom stereocenters. The number of amides is 1. The molecule has 2 bridgehead atoms. The Balaban J connectivity index is 0.00000192. The number of piperidine rings is 2. The molecule has 7 nitrogen and oxygen atoms in total. The van der Waals surface area contributed by atoms with Crippen molar-refractivity contribution in [3.05, 3.63) is 0 Å². The van der Waals surface area contributed by atoms with Crippen LogP contribution < -0.4 is 10.6 Å². The summed E-state index contributed by atoms with van der Waals surface area (Å²) in [5.74, 6) is 0.499. The maximum absolute atomic E-state index is 12.8. The van der Waals surface area contributed by atoms with E-state index in [1.807, 2.05) is 0 Å². The van der Waals surface area contributed by atoms with Gasteiger partial charge in [0.2, 0.25) is 10.0 Å². The summed E-state index contributed by atoms with van der Waals surface area (Å²) in [6.45, 7) is 1.80. The van der Waals surface area contributed by atoms with E-state index in [-0.39, 0.29) is 42.2 Å². The lowest BCUT2D eigenvalue weighted by Crippen LogP contribution is -2.53.